The maximum absolute atomic E-state index is 5.65. The van der Waals surface area contributed by atoms with E-state index in [1.165, 1.54) is 38.8 Å². The highest BCUT2D eigenvalue weighted by molar-refractivity contribution is 5.06. The number of hydrogen-bond donors (Lipinski definition) is 1. The molecule has 1 atom stereocenters. The monoisotopic (exact) mass is 264 g/mol. The van der Waals surface area contributed by atoms with Crippen LogP contribution in [0.15, 0.2) is 22.8 Å². The van der Waals surface area contributed by atoms with E-state index >= 15 is 0 Å². The molecule has 3 heteroatoms. The molecule has 2 rings (SSSR count). The zero-order valence-electron chi connectivity index (χ0n) is 12.4. The minimum Gasteiger partial charge on any atom is -0.468 e. The summed E-state index contributed by atoms with van der Waals surface area (Å²) in [5.41, 5.74) is 0. The lowest BCUT2D eigenvalue weighted by Crippen LogP contribution is -2.39. The number of nitrogens with one attached hydrogen (secondary N) is 1. The van der Waals surface area contributed by atoms with Crippen LogP contribution in [0, 0.1) is 5.92 Å². The number of rotatable bonds is 7. The van der Waals surface area contributed by atoms with Gasteiger partial charge in [-0.15, -0.1) is 0 Å². The summed E-state index contributed by atoms with van der Waals surface area (Å²) < 4.78 is 5.65. The molecule has 1 aromatic rings. The zero-order chi connectivity index (χ0) is 13.5. The molecule has 1 aliphatic rings. The van der Waals surface area contributed by atoms with Crippen LogP contribution in [0.2, 0.25) is 0 Å². The van der Waals surface area contributed by atoms with Crippen LogP contribution in [0.25, 0.3) is 0 Å². The fourth-order valence-electron chi connectivity index (χ4n) is 2.75. The number of nitrogens with zero attached hydrogens (tertiary/aromatic N) is 1. The van der Waals surface area contributed by atoms with Crippen molar-refractivity contribution < 1.29 is 4.42 Å². The highest BCUT2D eigenvalue weighted by Crippen LogP contribution is 2.24. The van der Waals surface area contributed by atoms with E-state index in [-0.39, 0.29) is 0 Å². The molecule has 108 valence electrons. The Hall–Kier alpha value is -0.800. The van der Waals surface area contributed by atoms with Gasteiger partial charge in [-0.1, -0.05) is 20.3 Å². The molecular weight excluding hydrogens is 236 g/mol. The number of piperidine rings is 1. The average Bonchev–Trinajstić information content (AvgIpc) is 2.93. The van der Waals surface area contributed by atoms with Crippen molar-refractivity contribution in [3.8, 4) is 0 Å². The van der Waals surface area contributed by atoms with E-state index in [1.54, 1.807) is 6.26 Å². The molecule has 0 saturated carbocycles. The van der Waals surface area contributed by atoms with Crippen molar-refractivity contribution in [2.24, 2.45) is 5.92 Å². The van der Waals surface area contributed by atoms with Crippen molar-refractivity contribution in [1.82, 2.24) is 10.2 Å². The van der Waals surface area contributed by atoms with Crippen molar-refractivity contribution in [2.45, 2.75) is 45.6 Å². The maximum atomic E-state index is 5.65. The van der Waals surface area contributed by atoms with Crippen LogP contribution < -0.4 is 5.32 Å². The molecule has 0 aromatic carbocycles. The van der Waals surface area contributed by atoms with Gasteiger partial charge in [-0.2, -0.15) is 0 Å². The Balaban J connectivity index is 1.87. The van der Waals surface area contributed by atoms with Crippen LogP contribution in [0.5, 0.6) is 0 Å². The second-order valence-corrected chi connectivity index (χ2v) is 6.01. The molecule has 1 aromatic heterocycles. The van der Waals surface area contributed by atoms with Gasteiger partial charge in [0.05, 0.1) is 12.3 Å². The van der Waals surface area contributed by atoms with Crippen LogP contribution >= 0.6 is 0 Å². The predicted molar refractivity (Wildman–Crippen MR) is 79.2 cm³/mol. The second-order valence-electron chi connectivity index (χ2n) is 6.01. The summed E-state index contributed by atoms with van der Waals surface area (Å²) >= 11 is 0. The lowest BCUT2D eigenvalue weighted by atomic mass is 10.1. The van der Waals surface area contributed by atoms with Gasteiger partial charge >= 0.3 is 0 Å². The average molecular weight is 264 g/mol. The summed E-state index contributed by atoms with van der Waals surface area (Å²) in [5, 5.41) is 3.60. The fraction of sp³-hybridized carbons (Fsp3) is 0.750. The molecule has 2 heterocycles. The van der Waals surface area contributed by atoms with Crippen molar-refractivity contribution >= 4 is 0 Å². The zero-order valence-corrected chi connectivity index (χ0v) is 12.4. The van der Waals surface area contributed by atoms with Crippen LogP contribution in [-0.4, -0.2) is 31.1 Å². The van der Waals surface area contributed by atoms with Crippen molar-refractivity contribution in [3.63, 3.8) is 0 Å². The van der Waals surface area contributed by atoms with Crippen LogP contribution in [0.1, 0.15) is 51.3 Å². The molecule has 1 saturated heterocycles. The minimum atomic E-state index is 0.405. The molecule has 1 N–H and O–H groups in total. The van der Waals surface area contributed by atoms with Crippen molar-refractivity contribution in [1.29, 1.82) is 0 Å². The SMILES string of the molecule is CC(C)CCNCC(c1ccco1)N1CCCCC1. The summed E-state index contributed by atoms with van der Waals surface area (Å²) in [4.78, 5) is 2.57. The van der Waals surface area contributed by atoms with Gasteiger partial charge in [0.25, 0.3) is 0 Å². The third kappa shape index (κ3) is 4.66. The number of hydrogen-bond acceptors (Lipinski definition) is 3. The van der Waals surface area contributed by atoms with Gasteiger partial charge in [-0.3, -0.25) is 4.90 Å². The van der Waals surface area contributed by atoms with E-state index < -0.39 is 0 Å². The molecule has 0 aliphatic carbocycles. The summed E-state index contributed by atoms with van der Waals surface area (Å²) in [6.45, 7) is 9.06. The van der Waals surface area contributed by atoms with Gasteiger partial charge in [0.1, 0.15) is 5.76 Å². The smallest absolute Gasteiger partial charge is 0.122 e. The first-order chi connectivity index (χ1) is 9.27. The Kier molecular flexibility index (Phi) is 5.93. The molecule has 1 aliphatic heterocycles. The normalized spacial score (nSPS) is 18.9. The molecule has 0 amide bonds. The van der Waals surface area contributed by atoms with E-state index in [0.717, 1.165) is 24.8 Å². The standard InChI is InChI=1S/C16H28N2O/c1-14(2)8-9-17-13-15(16-7-6-12-19-16)18-10-4-3-5-11-18/h6-7,12,14-15,17H,3-5,8-11,13H2,1-2H3. The van der Waals surface area contributed by atoms with Crippen LogP contribution in [0.4, 0.5) is 0 Å². The van der Waals surface area contributed by atoms with E-state index in [4.69, 9.17) is 4.42 Å². The highest BCUT2D eigenvalue weighted by atomic mass is 16.3. The minimum absolute atomic E-state index is 0.405. The molecule has 19 heavy (non-hydrogen) atoms. The van der Waals surface area contributed by atoms with Crippen molar-refractivity contribution in [3.05, 3.63) is 24.2 Å². The van der Waals surface area contributed by atoms with E-state index in [1.807, 2.05) is 6.07 Å². The second kappa shape index (κ2) is 7.71. The molecule has 1 fully saturated rings. The first kappa shape index (κ1) is 14.6. The van der Waals surface area contributed by atoms with Crippen LogP contribution in [0.3, 0.4) is 0 Å². The maximum Gasteiger partial charge on any atom is 0.122 e. The van der Waals surface area contributed by atoms with Gasteiger partial charge in [0, 0.05) is 6.54 Å². The third-order valence-corrected chi connectivity index (χ3v) is 3.94. The molecule has 0 bridgehead atoms. The first-order valence-electron chi connectivity index (χ1n) is 7.75. The Morgan fingerprint density at radius 1 is 1.26 bits per heavy atom. The lowest BCUT2D eigenvalue weighted by molar-refractivity contribution is 0.142. The molecule has 0 spiro atoms. The van der Waals surface area contributed by atoms with Gasteiger partial charge < -0.3 is 9.73 Å². The number of likely N-dealkylation sites (tertiary alicyclic amines) is 1. The van der Waals surface area contributed by atoms with E-state index in [9.17, 15) is 0 Å². The predicted octanol–water partition coefficient (Wildman–Crippen LogP) is 3.44. The Labute approximate surface area is 117 Å². The lowest BCUT2D eigenvalue weighted by Gasteiger charge is -2.33. The summed E-state index contributed by atoms with van der Waals surface area (Å²) in [7, 11) is 0. The third-order valence-electron chi connectivity index (χ3n) is 3.94. The quantitative estimate of drug-likeness (QED) is 0.765. The Morgan fingerprint density at radius 3 is 2.68 bits per heavy atom. The highest BCUT2D eigenvalue weighted by Gasteiger charge is 2.23. The Bertz CT molecular complexity index is 329. The fourth-order valence-corrected chi connectivity index (χ4v) is 2.75. The Morgan fingerprint density at radius 2 is 2.05 bits per heavy atom. The van der Waals surface area contributed by atoms with Crippen molar-refractivity contribution in [2.75, 3.05) is 26.2 Å². The van der Waals surface area contributed by atoms with E-state index in [0.29, 0.717) is 6.04 Å². The van der Waals surface area contributed by atoms with Gasteiger partial charge in [-0.05, 0) is 56.9 Å². The summed E-state index contributed by atoms with van der Waals surface area (Å²) in [6, 6.07) is 4.52. The topological polar surface area (TPSA) is 28.4 Å². The molecule has 0 radical (unpaired) electrons. The first-order valence-corrected chi connectivity index (χ1v) is 7.75. The van der Waals surface area contributed by atoms with Gasteiger partial charge in [-0.25, -0.2) is 0 Å². The van der Waals surface area contributed by atoms with Crippen LogP contribution in [-0.2, 0) is 0 Å². The molecule has 3 nitrogen and oxygen atoms in total. The van der Waals surface area contributed by atoms with Gasteiger partial charge in [0.2, 0.25) is 0 Å². The summed E-state index contributed by atoms with van der Waals surface area (Å²) in [6.07, 6.45) is 7.06. The summed E-state index contributed by atoms with van der Waals surface area (Å²) in [5.74, 6) is 1.88. The van der Waals surface area contributed by atoms with E-state index in [2.05, 4.69) is 30.1 Å². The largest absolute Gasteiger partial charge is 0.468 e. The van der Waals surface area contributed by atoms with Gasteiger partial charge in [0.15, 0.2) is 0 Å². The molecule has 1 unspecified atom stereocenters. The number of furan rings is 1. The molecular formula is C16H28N2O.